The van der Waals surface area contributed by atoms with E-state index in [1.54, 1.807) is 13.8 Å². The van der Waals surface area contributed by atoms with E-state index in [-0.39, 0.29) is 96.8 Å². The molecule has 17 fully saturated rings. The number of carbonyl (C=O) groups is 10. The van der Waals surface area contributed by atoms with E-state index in [0.717, 1.165) is 91.8 Å². The van der Waals surface area contributed by atoms with E-state index < -0.39 is 62.2 Å². The van der Waals surface area contributed by atoms with Crippen molar-refractivity contribution in [1.29, 1.82) is 0 Å². The van der Waals surface area contributed by atoms with Crippen LogP contribution in [-0.2, 0) is 90.6 Å². The lowest BCUT2D eigenvalue weighted by molar-refractivity contribution is -0.221. The molecule has 19 nitrogen and oxygen atoms in total. The van der Waals surface area contributed by atoms with Crippen LogP contribution in [0.2, 0.25) is 0 Å². The zero-order valence-corrected chi connectivity index (χ0v) is 80.7. The minimum absolute atomic E-state index is 0.00466. The van der Waals surface area contributed by atoms with Crippen LogP contribution in [0.15, 0.2) is 0 Å². The highest BCUT2D eigenvalue weighted by molar-refractivity contribution is 5.89. The van der Waals surface area contributed by atoms with Crippen molar-refractivity contribution < 1.29 is 90.6 Å². The molecular weight excluding hydrogens is 1520 g/mol. The van der Waals surface area contributed by atoms with Gasteiger partial charge in [0.05, 0.1) is 40.6 Å². The fourth-order valence-corrected chi connectivity index (χ4v) is 23.7. The first-order valence-electron chi connectivity index (χ1n) is 48.7. The summed E-state index contributed by atoms with van der Waals surface area (Å²) in [5.74, 6) is 6.60. The zero-order chi connectivity index (χ0) is 90.1. The SMILES string of the molecule is CC.CC.CC.CC.CCC(C)(C)C(=O)OC(C)(C)C(=O)OC1(C)C2CC3CC(C2)CC1C3.CCC(C)(C)C(=O)OCC(=O)OC1(C)C2CC3CC(C2)CC1C3.CCC(C)(C)C(=O)OCCCC(=O)OC1(C)C2CC3CC(C2)CC1C3.CCC(C)(C)C(=O)OCCOC(=O)C1CCCCC1C(=O)CCC(=O)OC(C)(C)C12CC3CC(CC(C3)C1)C2. The molecule has 17 saturated carbocycles. The van der Waals surface area contributed by atoms with E-state index in [2.05, 4.69) is 34.6 Å². The van der Waals surface area contributed by atoms with Crippen LogP contribution in [0.5, 0.6) is 0 Å². The highest BCUT2D eigenvalue weighted by Gasteiger charge is 2.62. The van der Waals surface area contributed by atoms with Crippen molar-refractivity contribution >= 4 is 59.5 Å². The third-order valence-electron chi connectivity index (χ3n) is 32.2. The fourth-order valence-electron chi connectivity index (χ4n) is 23.7. The van der Waals surface area contributed by atoms with Gasteiger partial charge in [-0.05, 0) is 372 Å². The molecule has 17 aliphatic carbocycles. The Morgan fingerprint density at radius 3 is 1.01 bits per heavy atom. The molecule has 0 heterocycles. The molecule has 0 aromatic carbocycles. The Labute approximate surface area is 727 Å². The maximum atomic E-state index is 13.2. The van der Waals surface area contributed by atoms with E-state index in [4.69, 9.17) is 42.6 Å². The average molecular weight is 1690 g/mol. The maximum Gasteiger partial charge on any atom is 0.350 e. The zero-order valence-electron chi connectivity index (χ0n) is 80.7. The highest BCUT2D eigenvalue weighted by atomic mass is 16.6. The van der Waals surface area contributed by atoms with Crippen molar-refractivity contribution in [2.75, 3.05) is 26.4 Å². The molecule has 0 aromatic rings. The van der Waals surface area contributed by atoms with Crippen LogP contribution in [0.1, 0.15) is 399 Å². The van der Waals surface area contributed by atoms with Gasteiger partial charge in [-0.2, -0.15) is 0 Å². The van der Waals surface area contributed by atoms with Crippen LogP contribution in [-0.4, -0.2) is 114 Å². The molecule has 19 heteroatoms. The molecule has 2 atom stereocenters. The van der Waals surface area contributed by atoms with Crippen LogP contribution in [0, 0.1) is 128 Å². The third-order valence-corrected chi connectivity index (χ3v) is 32.2. The van der Waals surface area contributed by atoms with E-state index in [9.17, 15) is 47.9 Å². The van der Waals surface area contributed by atoms with E-state index in [0.29, 0.717) is 87.1 Å². The van der Waals surface area contributed by atoms with Gasteiger partial charge in [0.25, 0.3) is 0 Å². The second-order valence-electron chi connectivity index (χ2n) is 42.4. The lowest BCUT2D eigenvalue weighted by atomic mass is 9.46. The number of ether oxygens (including phenoxy) is 9. The number of rotatable bonds is 29. The molecule has 16 bridgehead atoms. The minimum atomic E-state index is -1.25. The van der Waals surface area contributed by atoms with Crippen molar-refractivity contribution in [2.45, 2.75) is 427 Å². The van der Waals surface area contributed by atoms with Crippen LogP contribution in [0.3, 0.4) is 0 Å². The van der Waals surface area contributed by atoms with E-state index in [1.807, 2.05) is 138 Å². The molecule has 120 heavy (non-hydrogen) atoms. The first-order valence-corrected chi connectivity index (χ1v) is 48.7. The Morgan fingerprint density at radius 2 is 0.633 bits per heavy atom. The number of hydrogen-bond donors (Lipinski definition) is 0. The molecule has 0 aromatic heterocycles. The molecule has 0 radical (unpaired) electrons. The topological polar surface area (TPSA) is 254 Å². The Kier molecular flexibility index (Phi) is 37.9. The van der Waals surface area contributed by atoms with E-state index in [1.165, 1.54) is 116 Å². The second-order valence-corrected chi connectivity index (χ2v) is 42.4. The smallest absolute Gasteiger partial charge is 0.350 e. The largest absolute Gasteiger partial charge is 0.465 e. The molecule has 0 aliphatic heterocycles. The van der Waals surface area contributed by atoms with Gasteiger partial charge in [-0.1, -0.05) is 95.9 Å². The number of Topliss-reactive ketones (excluding diaryl/α,β-unsaturated/α-hetero) is 1. The molecule has 690 valence electrons. The van der Waals surface area contributed by atoms with Crippen molar-refractivity contribution in [3.63, 3.8) is 0 Å². The third kappa shape index (κ3) is 25.2. The number of hydrogen-bond acceptors (Lipinski definition) is 19. The average Bonchev–Trinajstić information content (AvgIpc) is 0.743. The van der Waals surface area contributed by atoms with E-state index >= 15 is 0 Å². The molecule has 0 saturated heterocycles. The Balaban J connectivity index is 0.000000246. The summed E-state index contributed by atoms with van der Waals surface area (Å²) in [6.07, 6.45) is 32.8. The van der Waals surface area contributed by atoms with Gasteiger partial charge in [0.1, 0.15) is 41.4 Å². The maximum absolute atomic E-state index is 13.2. The lowest BCUT2D eigenvalue weighted by Crippen LogP contribution is -2.59. The summed E-state index contributed by atoms with van der Waals surface area (Å²) in [7, 11) is 0. The van der Waals surface area contributed by atoms with Gasteiger partial charge in [-0.25, -0.2) is 9.59 Å². The molecule has 0 spiro atoms. The normalized spacial score (nSPS) is 33.2. The van der Waals surface area contributed by atoms with Crippen LogP contribution in [0.4, 0.5) is 0 Å². The van der Waals surface area contributed by atoms with Gasteiger partial charge >= 0.3 is 53.7 Å². The highest BCUT2D eigenvalue weighted by Crippen LogP contribution is 2.66. The summed E-state index contributed by atoms with van der Waals surface area (Å²) in [5, 5.41) is 0. The second kappa shape index (κ2) is 43.9. The van der Waals surface area contributed by atoms with Gasteiger partial charge in [0.2, 0.25) is 5.60 Å². The molecule has 0 amide bonds. The number of carbonyl (C=O) groups excluding carboxylic acids is 10. The number of esters is 9. The van der Waals surface area contributed by atoms with Gasteiger partial charge < -0.3 is 42.6 Å². The first kappa shape index (κ1) is 104. The minimum Gasteiger partial charge on any atom is -0.465 e. The van der Waals surface area contributed by atoms with Crippen molar-refractivity contribution in [3.8, 4) is 0 Å². The predicted molar refractivity (Wildman–Crippen MR) is 470 cm³/mol. The summed E-state index contributed by atoms with van der Waals surface area (Å²) >= 11 is 0. The Bertz CT molecular complexity index is 3240. The molecular formula is C101H172O19. The summed E-state index contributed by atoms with van der Waals surface area (Å²) < 4.78 is 50.9. The molecule has 17 rings (SSSR count). The van der Waals surface area contributed by atoms with Crippen LogP contribution >= 0.6 is 0 Å². The summed E-state index contributed by atoms with van der Waals surface area (Å²) in [6.45, 7) is 52.4. The molecule has 17 aliphatic rings. The van der Waals surface area contributed by atoms with Crippen LogP contribution < -0.4 is 0 Å². The van der Waals surface area contributed by atoms with Gasteiger partial charge in [0, 0.05) is 24.2 Å². The lowest BCUT2D eigenvalue weighted by Gasteiger charge is -2.61. The monoisotopic (exact) mass is 1690 g/mol. The van der Waals surface area contributed by atoms with Gasteiger partial charge in [-0.3, -0.25) is 38.4 Å². The first-order chi connectivity index (χ1) is 56.3. The van der Waals surface area contributed by atoms with Gasteiger partial charge in [0.15, 0.2) is 6.61 Å². The molecule has 0 N–H and O–H groups in total. The summed E-state index contributed by atoms with van der Waals surface area (Å²) in [6, 6.07) is 0. The fraction of sp³-hybridized carbons (Fsp3) is 0.901. The Morgan fingerprint density at radius 1 is 0.317 bits per heavy atom. The number of ketones is 1. The van der Waals surface area contributed by atoms with Crippen molar-refractivity contribution in [2.24, 2.45) is 128 Å². The quantitative estimate of drug-likeness (QED) is 0.0383. The summed E-state index contributed by atoms with van der Waals surface area (Å²) in [4.78, 5) is 125. The predicted octanol–water partition coefficient (Wildman–Crippen LogP) is 23.0. The summed E-state index contributed by atoms with van der Waals surface area (Å²) in [5.41, 5.74) is -4.88. The Hall–Kier alpha value is -5.10. The van der Waals surface area contributed by atoms with Crippen LogP contribution in [0.25, 0.3) is 0 Å². The van der Waals surface area contributed by atoms with Crippen molar-refractivity contribution in [1.82, 2.24) is 0 Å². The van der Waals surface area contributed by atoms with Gasteiger partial charge in [-0.15, -0.1) is 0 Å². The standard InChI is InChI=1S/C32H50O7.2C21H34O4.C19H30O4.4C2H6/c1-6-30(2,3)29(36)38-14-13-37-28(35)25-10-8-7-9-24(25)26(33)11-12-27(34)39-31(4,5)32-18-21-15-22(19-32)17-23(16-21)20-32;1-7-19(2,3)17(22)24-20(4,5)18(23)25-21(6)15-9-13-8-14(11-15)12-16(21)10-13;1-5-20(2,3)19(23)24-8-6-7-18(22)25-21(4)16-10-14-9-15(12-16)13-17(21)11-14;1-5-18(2,3)17(21)22-11-16(20)23-19(4)14-7-12-6-13(9-14)10-15(19)8-12;4*1-2/h21-25H,6-20H2,1-5H3;13-16H,7-12H2,1-6H3;14-17H,5-13H2,1-4H3;12-15H,5-11H2,1-4H3;4*1-2H3. The molecule has 2 unspecified atom stereocenters. The van der Waals surface area contributed by atoms with Crippen molar-refractivity contribution in [3.05, 3.63) is 0 Å².